The summed E-state index contributed by atoms with van der Waals surface area (Å²) < 4.78 is 0. The standard InChI is InChI=1S/C16H20ClN3OS.2ClH/c1-4-18-10(2)9-19-15(21)14-11(3)20-16(22-14)12-5-7-13(17)8-6-12;;/h5-8,10,18H,4,9H2,1-3H3,(H,19,21);2*1H/t10-;;/m1../s1. The van der Waals surface area contributed by atoms with E-state index >= 15 is 0 Å². The van der Waals surface area contributed by atoms with E-state index in [4.69, 9.17) is 11.6 Å². The van der Waals surface area contributed by atoms with Crippen LogP contribution in [0.25, 0.3) is 10.6 Å². The molecule has 0 saturated carbocycles. The van der Waals surface area contributed by atoms with E-state index in [-0.39, 0.29) is 36.8 Å². The van der Waals surface area contributed by atoms with Gasteiger partial charge in [-0.15, -0.1) is 36.2 Å². The van der Waals surface area contributed by atoms with Crippen LogP contribution in [-0.4, -0.2) is 30.0 Å². The van der Waals surface area contributed by atoms with Crippen LogP contribution in [0.1, 0.15) is 29.2 Å². The number of amides is 1. The molecule has 0 aliphatic rings. The normalized spacial score (nSPS) is 11.2. The van der Waals surface area contributed by atoms with E-state index in [1.54, 1.807) is 0 Å². The van der Waals surface area contributed by atoms with Gasteiger partial charge < -0.3 is 10.6 Å². The lowest BCUT2D eigenvalue weighted by molar-refractivity contribution is 0.0953. The first-order chi connectivity index (χ1) is 10.5. The van der Waals surface area contributed by atoms with Crippen LogP contribution in [0.5, 0.6) is 0 Å². The molecule has 1 aromatic carbocycles. The second-order valence-corrected chi connectivity index (χ2v) is 6.54. The molecule has 2 aromatic rings. The molecule has 1 aromatic heterocycles. The van der Waals surface area contributed by atoms with E-state index in [0.717, 1.165) is 22.8 Å². The Hall–Kier alpha value is -0.850. The predicted octanol–water partition coefficient (Wildman–Crippen LogP) is 4.34. The predicted molar refractivity (Wildman–Crippen MR) is 107 cm³/mol. The molecular weight excluding hydrogens is 389 g/mol. The summed E-state index contributed by atoms with van der Waals surface area (Å²) >= 11 is 7.30. The zero-order valence-corrected chi connectivity index (χ0v) is 17.0. The second-order valence-electron chi connectivity index (χ2n) is 5.11. The number of thiazole rings is 1. The van der Waals surface area contributed by atoms with Gasteiger partial charge >= 0.3 is 0 Å². The van der Waals surface area contributed by atoms with Crippen molar-refractivity contribution >= 4 is 53.7 Å². The number of nitrogens with zero attached hydrogens (tertiary/aromatic N) is 1. The molecule has 1 amide bonds. The summed E-state index contributed by atoms with van der Waals surface area (Å²) in [6.45, 7) is 7.43. The third-order valence-corrected chi connectivity index (χ3v) is 4.67. The third kappa shape index (κ3) is 6.22. The van der Waals surface area contributed by atoms with Crippen LogP contribution >= 0.6 is 47.8 Å². The first-order valence-corrected chi connectivity index (χ1v) is 8.45. The smallest absolute Gasteiger partial charge is 0.263 e. The molecule has 0 aliphatic carbocycles. The Balaban J connectivity index is 0.00000264. The number of benzene rings is 1. The molecule has 0 saturated heterocycles. The van der Waals surface area contributed by atoms with Gasteiger partial charge in [-0.2, -0.15) is 0 Å². The number of carbonyl (C=O) groups excluding carboxylic acids is 1. The van der Waals surface area contributed by atoms with E-state index in [9.17, 15) is 4.79 Å². The lowest BCUT2D eigenvalue weighted by atomic mass is 10.2. The molecule has 2 rings (SSSR count). The summed E-state index contributed by atoms with van der Waals surface area (Å²) in [5, 5.41) is 7.73. The maximum Gasteiger partial charge on any atom is 0.263 e. The lowest BCUT2D eigenvalue weighted by Crippen LogP contribution is -2.38. The molecule has 1 atom stereocenters. The number of hydrogen-bond donors (Lipinski definition) is 2. The zero-order chi connectivity index (χ0) is 16.1. The maximum absolute atomic E-state index is 12.3. The number of aromatic nitrogens is 1. The Morgan fingerprint density at radius 3 is 2.50 bits per heavy atom. The van der Waals surface area contributed by atoms with Gasteiger partial charge in [0.05, 0.1) is 5.69 Å². The van der Waals surface area contributed by atoms with Crippen LogP contribution in [-0.2, 0) is 0 Å². The summed E-state index contributed by atoms with van der Waals surface area (Å²) in [5.41, 5.74) is 1.72. The molecule has 24 heavy (non-hydrogen) atoms. The average molecular weight is 411 g/mol. The van der Waals surface area contributed by atoms with Crippen molar-refractivity contribution in [3.8, 4) is 10.6 Å². The molecule has 0 unspecified atom stereocenters. The van der Waals surface area contributed by atoms with Crippen LogP contribution in [0.4, 0.5) is 0 Å². The minimum Gasteiger partial charge on any atom is -0.350 e. The second kappa shape index (κ2) is 10.9. The van der Waals surface area contributed by atoms with Crippen molar-refractivity contribution in [1.29, 1.82) is 0 Å². The van der Waals surface area contributed by atoms with Gasteiger partial charge in [-0.05, 0) is 32.5 Å². The van der Waals surface area contributed by atoms with Crippen molar-refractivity contribution in [2.24, 2.45) is 0 Å². The van der Waals surface area contributed by atoms with Crippen LogP contribution in [0.2, 0.25) is 5.02 Å². The number of aryl methyl sites for hydroxylation is 1. The monoisotopic (exact) mass is 409 g/mol. The first-order valence-electron chi connectivity index (χ1n) is 7.26. The van der Waals surface area contributed by atoms with E-state index in [2.05, 4.69) is 15.6 Å². The van der Waals surface area contributed by atoms with E-state index in [1.807, 2.05) is 45.0 Å². The fourth-order valence-corrected chi connectivity index (χ4v) is 3.18. The maximum atomic E-state index is 12.3. The van der Waals surface area contributed by atoms with Gasteiger partial charge in [0, 0.05) is 23.2 Å². The van der Waals surface area contributed by atoms with Crippen molar-refractivity contribution in [3.05, 3.63) is 39.9 Å². The van der Waals surface area contributed by atoms with Crippen LogP contribution < -0.4 is 10.6 Å². The van der Waals surface area contributed by atoms with Gasteiger partial charge in [0.15, 0.2) is 0 Å². The summed E-state index contributed by atoms with van der Waals surface area (Å²) in [7, 11) is 0. The summed E-state index contributed by atoms with van der Waals surface area (Å²) in [5.74, 6) is -0.0695. The molecule has 0 radical (unpaired) electrons. The number of rotatable bonds is 6. The number of carbonyl (C=O) groups is 1. The highest BCUT2D eigenvalue weighted by atomic mass is 35.5. The van der Waals surface area contributed by atoms with Crippen LogP contribution in [0, 0.1) is 6.92 Å². The number of halogens is 3. The van der Waals surface area contributed by atoms with Gasteiger partial charge in [0.1, 0.15) is 9.88 Å². The van der Waals surface area contributed by atoms with Crippen molar-refractivity contribution in [3.63, 3.8) is 0 Å². The average Bonchev–Trinajstić information content (AvgIpc) is 2.88. The van der Waals surface area contributed by atoms with Gasteiger partial charge in [0.25, 0.3) is 5.91 Å². The Kier molecular flexibility index (Phi) is 10.5. The fourth-order valence-electron chi connectivity index (χ4n) is 2.07. The van der Waals surface area contributed by atoms with Crippen molar-refractivity contribution < 1.29 is 4.79 Å². The molecule has 4 nitrogen and oxygen atoms in total. The molecular formula is C16H22Cl3N3OS. The van der Waals surface area contributed by atoms with Crippen molar-refractivity contribution in [2.45, 2.75) is 26.8 Å². The molecule has 1 heterocycles. The summed E-state index contributed by atoms with van der Waals surface area (Å²) in [6.07, 6.45) is 0. The Morgan fingerprint density at radius 1 is 1.29 bits per heavy atom. The number of nitrogens with one attached hydrogen (secondary N) is 2. The molecule has 134 valence electrons. The van der Waals surface area contributed by atoms with Crippen LogP contribution in [0.15, 0.2) is 24.3 Å². The topological polar surface area (TPSA) is 54.0 Å². The van der Waals surface area contributed by atoms with Gasteiger partial charge in [-0.1, -0.05) is 30.7 Å². The minimum absolute atomic E-state index is 0. The molecule has 0 spiro atoms. The van der Waals surface area contributed by atoms with Crippen molar-refractivity contribution in [1.82, 2.24) is 15.6 Å². The Labute approximate surface area is 164 Å². The molecule has 0 aliphatic heterocycles. The highest BCUT2D eigenvalue weighted by Gasteiger charge is 2.16. The van der Waals surface area contributed by atoms with Crippen LogP contribution in [0.3, 0.4) is 0 Å². The SMILES string of the molecule is CCN[C@H](C)CNC(=O)c1sc(-c2ccc(Cl)cc2)nc1C.Cl.Cl. The first kappa shape index (κ1) is 23.1. The number of likely N-dealkylation sites (N-methyl/N-ethyl adjacent to an activating group) is 1. The zero-order valence-electron chi connectivity index (χ0n) is 13.8. The highest BCUT2D eigenvalue weighted by molar-refractivity contribution is 7.17. The van der Waals surface area contributed by atoms with Crippen molar-refractivity contribution in [2.75, 3.05) is 13.1 Å². The Morgan fingerprint density at radius 2 is 1.92 bits per heavy atom. The molecule has 0 bridgehead atoms. The fraction of sp³-hybridized carbons (Fsp3) is 0.375. The summed E-state index contributed by atoms with van der Waals surface area (Å²) in [6, 6.07) is 7.72. The molecule has 2 N–H and O–H groups in total. The summed E-state index contributed by atoms with van der Waals surface area (Å²) in [4.78, 5) is 17.4. The van der Waals surface area contributed by atoms with E-state index < -0.39 is 0 Å². The molecule has 0 fully saturated rings. The number of hydrogen-bond acceptors (Lipinski definition) is 4. The van der Waals surface area contributed by atoms with Gasteiger partial charge in [-0.3, -0.25) is 4.79 Å². The van der Waals surface area contributed by atoms with E-state index in [0.29, 0.717) is 16.4 Å². The van der Waals surface area contributed by atoms with Gasteiger partial charge in [-0.25, -0.2) is 4.98 Å². The highest BCUT2D eigenvalue weighted by Crippen LogP contribution is 2.28. The van der Waals surface area contributed by atoms with Gasteiger partial charge in [0.2, 0.25) is 0 Å². The Bertz CT molecular complexity index is 647. The van der Waals surface area contributed by atoms with E-state index in [1.165, 1.54) is 11.3 Å². The quantitative estimate of drug-likeness (QED) is 0.744. The largest absolute Gasteiger partial charge is 0.350 e. The lowest BCUT2D eigenvalue weighted by Gasteiger charge is -2.12. The molecule has 8 heteroatoms. The minimum atomic E-state index is -0.0695. The third-order valence-electron chi connectivity index (χ3n) is 3.22.